The number of carbonyl (C=O) groups excluding carboxylic acids is 1. The molecule has 1 aliphatic heterocycles. The second kappa shape index (κ2) is 9.16. The number of nitrogens with zero attached hydrogens (tertiary/aromatic N) is 2. The fourth-order valence-corrected chi connectivity index (χ4v) is 4.20. The van der Waals surface area contributed by atoms with Gasteiger partial charge < -0.3 is 10.2 Å². The van der Waals surface area contributed by atoms with Gasteiger partial charge in [-0.1, -0.05) is 47.5 Å². The molecule has 2 aromatic carbocycles. The summed E-state index contributed by atoms with van der Waals surface area (Å²) in [7, 11) is 0. The van der Waals surface area contributed by atoms with E-state index in [1.807, 2.05) is 67.0 Å². The molecule has 0 saturated carbocycles. The van der Waals surface area contributed by atoms with Gasteiger partial charge in [0.1, 0.15) is 0 Å². The summed E-state index contributed by atoms with van der Waals surface area (Å²) in [6, 6.07) is 14.8. The fourth-order valence-electron chi connectivity index (χ4n) is 3.53. The number of nitrogens with one attached hydrogen (secondary N) is 1. The Morgan fingerprint density at radius 1 is 1.10 bits per heavy atom. The lowest BCUT2D eigenvalue weighted by molar-refractivity contribution is -0.127. The van der Waals surface area contributed by atoms with Crippen molar-refractivity contribution in [1.29, 1.82) is 0 Å². The first-order valence-corrected chi connectivity index (χ1v) is 10.7. The molecule has 7 heteroatoms. The van der Waals surface area contributed by atoms with Crippen LogP contribution in [-0.2, 0) is 4.79 Å². The van der Waals surface area contributed by atoms with Gasteiger partial charge in [-0.25, -0.2) is 0 Å². The van der Waals surface area contributed by atoms with E-state index in [1.54, 1.807) is 12.1 Å². The van der Waals surface area contributed by atoms with E-state index in [0.717, 1.165) is 16.9 Å². The van der Waals surface area contributed by atoms with Crippen LogP contribution in [0.3, 0.4) is 0 Å². The summed E-state index contributed by atoms with van der Waals surface area (Å²) >= 11 is 18.0. The number of amides is 1. The topological polar surface area (TPSA) is 35.6 Å². The first-order chi connectivity index (χ1) is 13.9. The summed E-state index contributed by atoms with van der Waals surface area (Å²) in [5.74, 6) is -0.0282. The van der Waals surface area contributed by atoms with Gasteiger partial charge in [0.25, 0.3) is 5.91 Å². The molecule has 0 spiro atoms. The van der Waals surface area contributed by atoms with Crippen molar-refractivity contribution in [1.82, 2.24) is 10.2 Å². The Morgan fingerprint density at radius 2 is 1.76 bits per heavy atom. The number of hydrogen-bond acceptors (Lipinski definition) is 2. The van der Waals surface area contributed by atoms with Crippen molar-refractivity contribution >= 4 is 52.1 Å². The number of thiocarbonyl (C=S) groups is 1. The highest BCUT2D eigenvalue weighted by Gasteiger charge is 2.36. The molecule has 1 aliphatic rings. The number of allylic oxidation sites excluding steroid dienone is 1. The highest BCUT2D eigenvalue weighted by Crippen LogP contribution is 2.36. The number of hydrogen-bond donors (Lipinski definition) is 1. The van der Waals surface area contributed by atoms with Crippen LogP contribution in [0.25, 0.3) is 0 Å². The largest absolute Gasteiger partial charge is 0.351 e. The summed E-state index contributed by atoms with van der Waals surface area (Å²) in [6.07, 6.45) is 0. The average Bonchev–Trinajstić information content (AvgIpc) is 2.71. The van der Waals surface area contributed by atoms with Gasteiger partial charge in [-0.2, -0.15) is 0 Å². The first kappa shape index (κ1) is 21.6. The molecule has 0 fully saturated rings. The van der Waals surface area contributed by atoms with Crippen LogP contribution in [0.2, 0.25) is 10.0 Å². The molecule has 29 heavy (non-hydrogen) atoms. The van der Waals surface area contributed by atoms with Crippen molar-refractivity contribution in [2.24, 2.45) is 0 Å². The molecule has 1 atom stereocenters. The van der Waals surface area contributed by atoms with Gasteiger partial charge in [0.05, 0.1) is 21.7 Å². The second-order valence-electron chi connectivity index (χ2n) is 6.70. The average molecular weight is 448 g/mol. The van der Waals surface area contributed by atoms with E-state index < -0.39 is 6.04 Å². The van der Waals surface area contributed by atoms with Gasteiger partial charge in [0.15, 0.2) is 5.11 Å². The van der Waals surface area contributed by atoms with Gasteiger partial charge in [-0.15, -0.1) is 0 Å². The van der Waals surface area contributed by atoms with E-state index in [9.17, 15) is 4.79 Å². The maximum Gasteiger partial charge on any atom is 0.253 e. The molecule has 0 unspecified atom stereocenters. The third-order valence-electron chi connectivity index (χ3n) is 5.06. The van der Waals surface area contributed by atoms with Crippen LogP contribution >= 0.6 is 35.4 Å². The van der Waals surface area contributed by atoms with E-state index in [4.69, 9.17) is 35.4 Å². The minimum absolute atomic E-state index is 0.0282. The predicted molar refractivity (Wildman–Crippen MR) is 124 cm³/mol. The third-order valence-corrected chi connectivity index (χ3v) is 6.10. The smallest absolute Gasteiger partial charge is 0.253 e. The van der Waals surface area contributed by atoms with Gasteiger partial charge in [0, 0.05) is 24.5 Å². The van der Waals surface area contributed by atoms with Crippen LogP contribution in [0.15, 0.2) is 59.8 Å². The molecular weight excluding hydrogens is 425 g/mol. The first-order valence-electron chi connectivity index (χ1n) is 9.49. The Kier molecular flexibility index (Phi) is 6.83. The number of halogens is 2. The molecule has 4 nitrogen and oxygen atoms in total. The molecule has 1 N–H and O–H groups in total. The van der Waals surface area contributed by atoms with Crippen molar-refractivity contribution in [2.45, 2.75) is 26.8 Å². The zero-order chi connectivity index (χ0) is 21.1. The predicted octanol–water partition coefficient (Wildman–Crippen LogP) is 5.57. The standard InChI is InChI=1S/C22H23Cl2N3OS/c1-4-26(5-2)21(28)19-14(3)27(16-9-7-6-8-10-16)22(29)25-20(19)15-11-12-17(23)18(24)13-15/h6-13,20H,4-5H2,1-3H3,(H,25,29)/t20-/m1/s1. The molecule has 1 amide bonds. The summed E-state index contributed by atoms with van der Waals surface area (Å²) in [5.41, 5.74) is 3.18. The normalized spacial score (nSPS) is 16.7. The minimum Gasteiger partial charge on any atom is -0.351 e. The zero-order valence-electron chi connectivity index (χ0n) is 16.6. The zero-order valence-corrected chi connectivity index (χ0v) is 18.9. The van der Waals surface area contributed by atoms with Crippen molar-refractivity contribution in [3.63, 3.8) is 0 Å². The van der Waals surface area contributed by atoms with Gasteiger partial charge in [-0.05, 0) is 62.8 Å². The van der Waals surface area contributed by atoms with Crippen LogP contribution in [0.5, 0.6) is 0 Å². The number of rotatable bonds is 5. The van der Waals surface area contributed by atoms with E-state index in [2.05, 4.69) is 5.32 Å². The highest BCUT2D eigenvalue weighted by molar-refractivity contribution is 7.80. The maximum absolute atomic E-state index is 13.5. The summed E-state index contributed by atoms with van der Waals surface area (Å²) in [6.45, 7) is 7.12. The highest BCUT2D eigenvalue weighted by atomic mass is 35.5. The van der Waals surface area contributed by atoms with Crippen LogP contribution in [0.1, 0.15) is 32.4 Å². The molecule has 0 bridgehead atoms. The Morgan fingerprint density at radius 3 is 2.34 bits per heavy atom. The van der Waals surface area contributed by atoms with Crippen molar-refractivity contribution in [2.75, 3.05) is 18.0 Å². The monoisotopic (exact) mass is 447 g/mol. The lowest BCUT2D eigenvalue weighted by atomic mass is 9.93. The molecule has 1 heterocycles. The number of benzene rings is 2. The lowest BCUT2D eigenvalue weighted by Gasteiger charge is -2.39. The van der Waals surface area contributed by atoms with E-state index >= 15 is 0 Å². The van der Waals surface area contributed by atoms with Gasteiger partial charge in [-0.3, -0.25) is 9.69 Å². The molecule has 0 aliphatic carbocycles. The molecule has 0 aromatic heterocycles. The SMILES string of the molecule is CCN(CC)C(=O)C1=C(C)N(c2ccccc2)C(=S)N[C@@H]1c1ccc(Cl)c(Cl)c1. The van der Waals surface area contributed by atoms with Crippen LogP contribution in [0.4, 0.5) is 5.69 Å². The number of anilines is 1. The quantitative estimate of drug-likeness (QED) is 0.607. The van der Waals surface area contributed by atoms with Crippen LogP contribution in [0, 0.1) is 0 Å². The number of carbonyl (C=O) groups is 1. The number of para-hydroxylation sites is 1. The Labute approximate surface area is 187 Å². The Bertz CT molecular complexity index is 958. The van der Waals surface area contributed by atoms with Gasteiger partial charge in [0.2, 0.25) is 0 Å². The van der Waals surface area contributed by atoms with Crippen molar-refractivity contribution in [3.8, 4) is 0 Å². The van der Waals surface area contributed by atoms with Crippen molar-refractivity contribution < 1.29 is 4.79 Å². The molecular formula is C22H23Cl2N3OS. The number of likely N-dealkylation sites (N-methyl/N-ethyl adjacent to an activating group) is 1. The van der Waals surface area contributed by atoms with E-state index in [1.165, 1.54) is 0 Å². The summed E-state index contributed by atoms with van der Waals surface area (Å²) in [4.78, 5) is 17.2. The van der Waals surface area contributed by atoms with Crippen molar-refractivity contribution in [3.05, 3.63) is 75.4 Å². The van der Waals surface area contributed by atoms with Crippen LogP contribution in [-0.4, -0.2) is 29.0 Å². The van der Waals surface area contributed by atoms with Crippen LogP contribution < -0.4 is 10.2 Å². The minimum atomic E-state index is -0.412. The Balaban J connectivity index is 2.17. The van der Waals surface area contributed by atoms with E-state index in [0.29, 0.717) is 33.8 Å². The molecule has 152 valence electrons. The summed E-state index contributed by atoms with van der Waals surface area (Å²) in [5, 5.41) is 4.78. The Hall–Kier alpha value is -2.08. The maximum atomic E-state index is 13.5. The second-order valence-corrected chi connectivity index (χ2v) is 7.90. The van der Waals surface area contributed by atoms with E-state index in [-0.39, 0.29) is 5.91 Å². The van der Waals surface area contributed by atoms with Gasteiger partial charge >= 0.3 is 0 Å². The summed E-state index contributed by atoms with van der Waals surface area (Å²) < 4.78 is 0. The fraction of sp³-hybridized carbons (Fsp3) is 0.273. The molecule has 0 saturated heterocycles. The lowest BCUT2D eigenvalue weighted by Crippen LogP contribution is -2.50. The molecule has 2 aromatic rings. The molecule has 0 radical (unpaired) electrons. The third kappa shape index (κ3) is 4.27. The molecule has 3 rings (SSSR count).